The highest BCUT2D eigenvalue weighted by Crippen LogP contribution is 2.26. The molecule has 1 aromatic heterocycles. The maximum atomic E-state index is 8.82. The highest BCUT2D eigenvalue weighted by molar-refractivity contribution is 8.00. The van der Waals surface area contributed by atoms with Crippen molar-refractivity contribution in [3.05, 3.63) is 23.9 Å². The Kier molecular flexibility index (Phi) is 4.30. The molecule has 1 unspecified atom stereocenters. The summed E-state index contributed by atoms with van der Waals surface area (Å²) in [6.45, 7) is 4.11. The number of hydrogen-bond donors (Lipinski definition) is 2. The molecule has 3 N–H and O–H groups in total. The number of nitrogens with zero attached hydrogens (tertiary/aromatic N) is 3. The third-order valence-electron chi connectivity index (χ3n) is 3.06. The number of anilines is 1. The standard InChI is InChI=1S/C12H18N4OS/c1-2-9-8-16(6-7-18-9)12-10(11(13)15-17)4-3-5-14-12/h3-5,9,17H,2,6-8H2,1H3,(H2,13,15). The largest absolute Gasteiger partial charge is 0.409 e. The topological polar surface area (TPSA) is 74.7 Å². The van der Waals surface area contributed by atoms with E-state index in [1.54, 1.807) is 12.3 Å². The van der Waals surface area contributed by atoms with Crippen molar-refractivity contribution >= 4 is 23.4 Å². The van der Waals surface area contributed by atoms with Gasteiger partial charge in [-0.15, -0.1) is 0 Å². The minimum absolute atomic E-state index is 0.115. The van der Waals surface area contributed by atoms with Crippen LogP contribution in [0.5, 0.6) is 0 Å². The average molecular weight is 266 g/mol. The zero-order valence-corrected chi connectivity index (χ0v) is 11.2. The van der Waals surface area contributed by atoms with Crippen LogP contribution in [0.15, 0.2) is 23.5 Å². The van der Waals surface area contributed by atoms with Crippen LogP contribution in [0.2, 0.25) is 0 Å². The van der Waals surface area contributed by atoms with Gasteiger partial charge >= 0.3 is 0 Å². The van der Waals surface area contributed by atoms with Gasteiger partial charge < -0.3 is 15.8 Å². The van der Waals surface area contributed by atoms with Gasteiger partial charge in [0.15, 0.2) is 5.84 Å². The third-order valence-corrected chi connectivity index (χ3v) is 4.44. The zero-order chi connectivity index (χ0) is 13.0. The number of hydrogen-bond acceptors (Lipinski definition) is 5. The lowest BCUT2D eigenvalue weighted by Gasteiger charge is -2.33. The molecule has 98 valence electrons. The fraction of sp³-hybridized carbons (Fsp3) is 0.500. The normalized spacial score (nSPS) is 21.1. The van der Waals surface area contributed by atoms with Crippen LogP contribution < -0.4 is 10.6 Å². The van der Waals surface area contributed by atoms with E-state index in [4.69, 9.17) is 10.9 Å². The first kappa shape index (κ1) is 13.0. The second-order valence-corrected chi connectivity index (χ2v) is 5.62. The van der Waals surface area contributed by atoms with Crippen LogP contribution in [0.4, 0.5) is 5.82 Å². The minimum Gasteiger partial charge on any atom is -0.409 e. The van der Waals surface area contributed by atoms with Crippen molar-refractivity contribution in [2.24, 2.45) is 10.9 Å². The Bertz CT molecular complexity index is 438. The fourth-order valence-electron chi connectivity index (χ4n) is 2.06. The van der Waals surface area contributed by atoms with Crippen molar-refractivity contribution in [1.29, 1.82) is 0 Å². The highest BCUT2D eigenvalue weighted by Gasteiger charge is 2.22. The van der Waals surface area contributed by atoms with Gasteiger partial charge in [0.1, 0.15) is 5.82 Å². The van der Waals surface area contributed by atoms with E-state index in [9.17, 15) is 0 Å². The van der Waals surface area contributed by atoms with E-state index in [1.807, 2.05) is 17.8 Å². The average Bonchev–Trinajstić information content (AvgIpc) is 2.46. The molecule has 1 aliphatic rings. The molecule has 0 saturated carbocycles. The lowest BCUT2D eigenvalue weighted by molar-refractivity contribution is 0.318. The number of thioether (sulfide) groups is 1. The Morgan fingerprint density at radius 1 is 1.72 bits per heavy atom. The second-order valence-electron chi connectivity index (χ2n) is 4.21. The molecule has 0 radical (unpaired) electrons. The molecule has 0 aliphatic carbocycles. The Balaban J connectivity index is 2.27. The predicted molar refractivity (Wildman–Crippen MR) is 75.5 cm³/mol. The fourth-order valence-corrected chi connectivity index (χ4v) is 3.24. The molecule has 1 aromatic rings. The molecule has 1 saturated heterocycles. The third kappa shape index (κ3) is 2.69. The summed E-state index contributed by atoms with van der Waals surface area (Å²) in [6.07, 6.45) is 2.89. The van der Waals surface area contributed by atoms with Gasteiger partial charge in [-0.2, -0.15) is 11.8 Å². The molecule has 2 heterocycles. The molecule has 0 bridgehead atoms. The summed E-state index contributed by atoms with van der Waals surface area (Å²) in [7, 11) is 0. The first-order valence-corrected chi connectivity index (χ1v) is 7.10. The molecule has 18 heavy (non-hydrogen) atoms. The molecule has 2 rings (SSSR count). The summed E-state index contributed by atoms with van der Waals surface area (Å²) in [5, 5.41) is 12.5. The summed E-state index contributed by atoms with van der Waals surface area (Å²) in [5.41, 5.74) is 6.39. The van der Waals surface area contributed by atoms with Crippen molar-refractivity contribution in [2.75, 3.05) is 23.7 Å². The molecule has 0 amide bonds. The van der Waals surface area contributed by atoms with E-state index in [0.29, 0.717) is 10.8 Å². The molecular formula is C12H18N4OS. The van der Waals surface area contributed by atoms with Crippen molar-refractivity contribution in [3.63, 3.8) is 0 Å². The lowest BCUT2D eigenvalue weighted by Crippen LogP contribution is -2.39. The Hall–Kier alpha value is -1.43. The maximum Gasteiger partial charge on any atom is 0.173 e. The summed E-state index contributed by atoms with van der Waals surface area (Å²) in [4.78, 5) is 6.61. The van der Waals surface area contributed by atoms with Gasteiger partial charge in [0.2, 0.25) is 0 Å². The number of pyridine rings is 1. The van der Waals surface area contributed by atoms with Crippen LogP contribution in [0.3, 0.4) is 0 Å². The van der Waals surface area contributed by atoms with E-state index in [-0.39, 0.29) is 5.84 Å². The first-order valence-electron chi connectivity index (χ1n) is 6.05. The van der Waals surface area contributed by atoms with Crippen LogP contribution in [-0.2, 0) is 0 Å². The van der Waals surface area contributed by atoms with Gasteiger partial charge in [0.25, 0.3) is 0 Å². The van der Waals surface area contributed by atoms with E-state index >= 15 is 0 Å². The quantitative estimate of drug-likeness (QED) is 0.375. The lowest BCUT2D eigenvalue weighted by atomic mass is 10.2. The Morgan fingerprint density at radius 3 is 3.28 bits per heavy atom. The number of nitrogens with two attached hydrogens (primary N) is 1. The van der Waals surface area contributed by atoms with Crippen LogP contribution >= 0.6 is 11.8 Å². The number of amidine groups is 1. The number of rotatable bonds is 3. The molecule has 6 heteroatoms. The van der Waals surface area contributed by atoms with Crippen LogP contribution in [0.25, 0.3) is 0 Å². The molecule has 5 nitrogen and oxygen atoms in total. The Morgan fingerprint density at radius 2 is 2.56 bits per heavy atom. The smallest absolute Gasteiger partial charge is 0.173 e. The van der Waals surface area contributed by atoms with E-state index in [0.717, 1.165) is 31.1 Å². The van der Waals surface area contributed by atoms with Gasteiger partial charge in [0, 0.05) is 30.3 Å². The molecule has 0 aromatic carbocycles. The summed E-state index contributed by atoms with van der Waals surface area (Å²) in [6, 6.07) is 3.63. The van der Waals surface area contributed by atoms with Gasteiger partial charge in [0.05, 0.1) is 5.56 Å². The molecular weight excluding hydrogens is 248 g/mol. The van der Waals surface area contributed by atoms with Gasteiger partial charge in [-0.1, -0.05) is 12.1 Å². The summed E-state index contributed by atoms with van der Waals surface area (Å²) in [5.74, 6) is 2.01. The first-order chi connectivity index (χ1) is 8.76. The van der Waals surface area contributed by atoms with Gasteiger partial charge in [-0.3, -0.25) is 0 Å². The van der Waals surface area contributed by atoms with Crippen LogP contribution in [-0.4, -0.2) is 40.1 Å². The summed E-state index contributed by atoms with van der Waals surface area (Å²) < 4.78 is 0. The Labute approximate surface area is 111 Å². The van der Waals surface area contributed by atoms with Gasteiger partial charge in [-0.05, 0) is 18.6 Å². The molecule has 1 fully saturated rings. The maximum absolute atomic E-state index is 8.82. The van der Waals surface area contributed by atoms with Crippen molar-refractivity contribution in [3.8, 4) is 0 Å². The minimum atomic E-state index is 0.115. The second kappa shape index (κ2) is 5.95. The van der Waals surface area contributed by atoms with Crippen molar-refractivity contribution in [2.45, 2.75) is 18.6 Å². The number of aromatic nitrogens is 1. The molecule has 0 spiro atoms. The van der Waals surface area contributed by atoms with Crippen molar-refractivity contribution in [1.82, 2.24) is 4.98 Å². The van der Waals surface area contributed by atoms with Crippen LogP contribution in [0.1, 0.15) is 18.9 Å². The SMILES string of the molecule is CCC1CN(c2ncccc2/C(N)=N/O)CCS1. The van der Waals surface area contributed by atoms with E-state index < -0.39 is 0 Å². The van der Waals surface area contributed by atoms with E-state index in [2.05, 4.69) is 22.0 Å². The van der Waals surface area contributed by atoms with Gasteiger partial charge in [-0.25, -0.2) is 4.98 Å². The number of oxime groups is 1. The highest BCUT2D eigenvalue weighted by atomic mass is 32.2. The van der Waals surface area contributed by atoms with Crippen molar-refractivity contribution < 1.29 is 5.21 Å². The molecule has 1 aliphatic heterocycles. The van der Waals surface area contributed by atoms with Crippen LogP contribution in [0, 0.1) is 0 Å². The monoisotopic (exact) mass is 266 g/mol. The van der Waals surface area contributed by atoms with E-state index in [1.165, 1.54) is 0 Å². The summed E-state index contributed by atoms with van der Waals surface area (Å²) >= 11 is 2.00. The zero-order valence-electron chi connectivity index (χ0n) is 10.4. The molecule has 1 atom stereocenters. The predicted octanol–water partition coefficient (Wildman–Crippen LogP) is 1.51.